The first-order valence-electron chi connectivity index (χ1n) is 5.77. The van der Waals surface area contributed by atoms with Crippen molar-refractivity contribution in [2.24, 2.45) is 0 Å². The molecule has 0 aliphatic rings. The van der Waals surface area contributed by atoms with Crippen LogP contribution in [-0.2, 0) is 16.1 Å². The summed E-state index contributed by atoms with van der Waals surface area (Å²) < 4.78 is 10.6. The third-order valence-corrected chi connectivity index (χ3v) is 3.31. The number of rotatable bonds is 6. The highest BCUT2D eigenvalue weighted by Gasteiger charge is 2.09. The summed E-state index contributed by atoms with van der Waals surface area (Å²) in [6.45, 7) is 2.93. The number of fused-ring (bicyclic) bond motifs is 1. The maximum Gasteiger partial charge on any atom is 0.158 e. The Morgan fingerprint density at radius 3 is 3.00 bits per heavy atom. The van der Waals surface area contributed by atoms with E-state index >= 15 is 0 Å². The topological polar surface area (TPSA) is 56.3 Å². The third-order valence-electron chi connectivity index (χ3n) is 2.51. The fraction of sp³-hybridized carbons (Fsp3) is 0.500. The monoisotopic (exact) mass is 267 g/mol. The molecule has 2 aromatic rings. The molecule has 0 radical (unpaired) electrons. The summed E-state index contributed by atoms with van der Waals surface area (Å²) in [5.74, 6) is 1.54. The molecule has 0 saturated heterocycles. The maximum absolute atomic E-state index is 5.62. The van der Waals surface area contributed by atoms with Crippen LogP contribution in [0.25, 0.3) is 10.2 Å². The van der Waals surface area contributed by atoms with Crippen LogP contribution in [-0.4, -0.2) is 36.8 Å². The van der Waals surface area contributed by atoms with Crippen LogP contribution in [0.5, 0.6) is 0 Å². The van der Waals surface area contributed by atoms with Gasteiger partial charge in [-0.25, -0.2) is 9.97 Å². The van der Waals surface area contributed by atoms with E-state index in [2.05, 4.69) is 15.3 Å². The van der Waals surface area contributed by atoms with Gasteiger partial charge in [0.25, 0.3) is 0 Å². The van der Waals surface area contributed by atoms with Crippen molar-refractivity contribution in [2.45, 2.75) is 19.6 Å². The molecule has 0 aliphatic carbocycles. The smallest absolute Gasteiger partial charge is 0.158 e. The van der Waals surface area contributed by atoms with E-state index in [-0.39, 0.29) is 6.10 Å². The molecule has 0 spiro atoms. The fourth-order valence-electron chi connectivity index (χ4n) is 1.65. The van der Waals surface area contributed by atoms with Gasteiger partial charge in [-0.05, 0) is 18.4 Å². The van der Waals surface area contributed by atoms with Gasteiger partial charge >= 0.3 is 0 Å². The van der Waals surface area contributed by atoms with E-state index in [0.29, 0.717) is 19.0 Å². The van der Waals surface area contributed by atoms with Crippen LogP contribution in [0.1, 0.15) is 12.7 Å². The van der Waals surface area contributed by atoms with Gasteiger partial charge in [-0.2, -0.15) is 0 Å². The lowest BCUT2D eigenvalue weighted by molar-refractivity contribution is -0.00257. The van der Waals surface area contributed by atoms with Crippen LogP contribution in [0.3, 0.4) is 0 Å². The summed E-state index contributed by atoms with van der Waals surface area (Å²) in [6.07, 6.45) is 0.0377. The van der Waals surface area contributed by atoms with Crippen LogP contribution >= 0.6 is 11.3 Å². The zero-order valence-electron chi connectivity index (χ0n) is 10.8. The maximum atomic E-state index is 5.62. The second kappa shape index (κ2) is 6.08. The molecule has 0 aromatic carbocycles. The van der Waals surface area contributed by atoms with Crippen molar-refractivity contribution in [3.63, 3.8) is 0 Å². The molecule has 6 heteroatoms. The highest BCUT2D eigenvalue weighted by atomic mass is 32.1. The third kappa shape index (κ3) is 2.95. The standard InChI is InChI=1S/C12H17N3O2S/c1-8(6-16-3)17-7-10-14-11(13-2)9-4-5-18-12(9)15-10/h4-5,8H,6-7H2,1-3H3,(H,13,14,15). The highest BCUT2D eigenvalue weighted by Crippen LogP contribution is 2.24. The van der Waals surface area contributed by atoms with Gasteiger partial charge in [0.1, 0.15) is 17.3 Å². The van der Waals surface area contributed by atoms with Gasteiger partial charge in [0.05, 0.1) is 18.1 Å². The van der Waals surface area contributed by atoms with E-state index < -0.39 is 0 Å². The summed E-state index contributed by atoms with van der Waals surface area (Å²) in [5, 5.41) is 6.15. The molecule has 2 rings (SSSR count). The van der Waals surface area contributed by atoms with Crippen LogP contribution in [0.15, 0.2) is 11.4 Å². The summed E-state index contributed by atoms with van der Waals surface area (Å²) in [6, 6.07) is 2.02. The van der Waals surface area contributed by atoms with Crippen LogP contribution in [0.4, 0.5) is 5.82 Å². The molecular weight excluding hydrogens is 250 g/mol. The minimum Gasteiger partial charge on any atom is -0.382 e. The van der Waals surface area contributed by atoms with Crippen molar-refractivity contribution >= 4 is 27.4 Å². The first-order valence-corrected chi connectivity index (χ1v) is 6.65. The fourth-order valence-corrected chi connectivity index (χ4v) is 2.44. The van der Waals surface area contributed by atoms with E-state index in [1.54, 1.807) is 18.4 Å². The van der Waals surface area contributed by atoms with Crippen LogP contribution < -0.4 is 5.32 Å². The van der Waals surface area contributed by atoms with Crippen molar-refractivity contribution in [3.8, 4) is 0 Å². The molecule has 0 fully saturated rings. The van der Waals surface area contributed by atoms with E-state index in [4.69, 9.17) is 9.47 Å². The van der Waals surface area contributed by atoms with Crippen molar-refractivity contribution in [1.82, 2.24) is 9.97 Å². The number of anilines is 1. The number of thiophene rings is 1. The minimum atomic E-state index is 0.0377. The predicted molar refractivity (Wildman–Crippen MR) is 73.1 cm³/mol. The number of nitrogens with zero attached hydrogens (tertiary/aromatic N) is 2. The largest absolute Gasteiger partial charge is 0.382 e. The quantitative estimate of drug-likeness (QED) is 0.870. The van der Waals surface area contributed by atoms with Crippen molar-refractivity contribution in [3.05, 3.63) is 17.3 Å². The van der Waals surface area contributed by atoms with Gasteiger partial charge < -0.3 is 14.8 Å². The number of methoxy groups -OCH3 is 1. The molecule has 1 atom stereocenters. The van der Waals surface area contributed by atoms with Gasteiger partial charge in [-0.1, -0.05) is 0 Å². The molecule has 2 heterocycles. The zero-order chi connectivity index (χ0) is 13.0. The average Bonchev–Trinajstić information content (AvgIpc) is 2.83. The molecule has 18 heavy (non-hydrogen) atoms. The SMILES string of the molecule is CNc1nc(COC(C)COC)nc2sccc12. The van der Waals surface area contributed by atoms with Crippen molar-refractivity contribution < 1.29 is 9.47 Å². The summed E-state index contributed by atoms with van der Waals surface area (Å²) >= 11 is 1.60. The Balaban J connectivity index is 2.13. The Kier molecular flexibility index (Phi) is 4.46. The zero-order valence-corrected chi connectivity index (χ0v) is 11.6. The Labute approximate surface area is 110 Å². The Morgan fingerprint density at radius 2 is 2.28 bits per heavy atom. The van der Waals surface area contributed by atoms with E-state index in [0.717, 1.165) is 16.0 Å². The van der Waals surface area contributed by atoms with Gasteiger partial charge in [0, 0.05) is 14.2 Å². The number of aromatic nitrogens is 2. The molecular formula is C12H17N3O2S. The summed E-state index contributed by atoms with van der Waals surface area (Å²) in [4.78, 5) is 9.90. The van der Waals surface area contributed by atoms with Gasteiger partial charge in [-0.15, -0.1) is 11.3 Å². The molecule has 1 N–H and O–H groups in total. The minimum absolute atomic E-state index is 0.0377. The van der Waals surface area contributed by atoms with Crippen molar-refractivity contribution in [2.75, 3.05) is 26.1 Å². The number of ether oxygens (including phenoxy) is 2. The lowest BCUT2D eigenvalue weighted by atomic mass is 10.3. The van der Waals surface area contributed by atoms with Crippen LogP contribution in [0.2, 0.25) is 0 Å². The second-order valence-corrected chi connectivity index (χ2v) is 4.85. The van der Waals surface area contributed by atoms with Gasteiger partial charge in [0.2, 0.25) is 0 Å². The number of hydrogen-bond donors (Lipinski definition) is 1. The summed E-state index contributed by atoms with van der Waals surface area (Å²) in [7, 11) is 3.52. The molecule has 5 nitrogen and oxygen atoms in total. The normalized spacial score (nSPS) is 12.8. The molecule has 2 aromatic heterocycles. The van der Waals surface area contributed by atoms with Crippen molar-refractivity contribution in [1.29, 1.82) is 0 Å². The average molecular weight is 267 g/mol. The van der Waals surface area contributed by atoms with Gasteiger partial charge in [-0.3, -0.25) is 0 Å². The molecule has 1 unspecified atom stereocenters. The molecule has 0 aliphatic heterocycles. The second-order valence-electron chi connectivity index (χ2n) is 3.95. The molecule has 0 saturated carbocycles. The molecule has 0 amide bonds. The first kappa shape index (κ1) is 13.2. The van der Waals surface area contributed by atoms with Crippen LogP contribution in [0, 0.1) is 0 Å². The van der Waals surface area contributed by atoms with Gasteiger partial charge in [0.15, 0.2) is 5.82 Å². The lowest BCUT2D eigenvalue weighted by Gasteiger charge is -2.11. The van der Waals surface area contributed by atoms with E-state index in [1.165, 1.54) is 0 Å². The predicted octanol–water partition coefficient (Wildman–Crippen LogP) is 2.28. The number of hydrogen-bond acceptors (Lipinski definition) is 6. The highest BCUT2D eigenvalue weighted by molar-refractivity contribution is 7.16. The van der Waals surface area contributed by atoms with E-state index in [9.17, 15) is 0 Å². The molecule has 98 valence electrons. The first-order chi connectivity index (χ1) is 8.74. The summed E-state index contributed by atoms with van der Waals surface area (Å²) in [5.41, 5.74) is 0. The lowest BCUT2D eigenvalue weighted by Crippen LogP contribution is -2.15. The van der Waals surface area contributed by atoms with E-state index in [1.807, 2.05) is 25.4 Å². The molecule has 0 bridgehead atoms. The Hall–Kier alpha value is -1.24. The Bertz CT molecular complexity index is 515. The number of nitrogens with one attached hydrogen (secondary N) is 1. The Morgan fingerprint density at radius 1 is 1.44 bits per heavy atom.